The highest BCUT2D eigenvalue weighted by molar-refractivity contribution is 7.07. The molecule has 3 aromatic rings. The van der Waals surface area contributed by atoms with Crippen LogP contribution in [0.2, 0.25) is 0 Å². The quantitative estimate of drug-likeness (QED) is 0.682. The van der Waals surface area contributed by atoms with Crippen molar-refractivity contribution in [3.05, 3.63) is 70.7 Å². The van der Waals surface area contributed by atoms with Gasteiger partial charge in [-0.15, -0.1) is 0 Å². The van der Waals surface area contributed by atoms with E-state index < -0.39 is 0 Å². The highest BCUT2D eigenvalue weighted by Gasteiger charge is 2.26. The Hall–Kier alpha value is -1.99. The fourth-order valence-corrected chi connectivity index (χ4v) is 4.43. The standard InChI is InChI=1S/C21H26N4OS/c26-10-6-21-16-23(8-9-24(21)14-18-7-11-27-17-18)13-19-12-22-25(15-19)20-4-2-1-3-5-20/h1-5,7,11-12,15,17,21,26H,6,8-10,13-14,16H2/t21-/m1/s1. The fourth-order valence-electron chi connectivity index (χ4n) is 3.77. The van der Waals surface area contributed by atoms with Gasteiger partial charge in [0.1, 0.15) is 0 Å². The molecule has 0 unspecified atom stereocenters. The van der Waals surface area contributed by atoms with Crippen LogP contribution < -0.4 is 0 Å². The lowest BCUT2D eigenvalue weighted by Gasteiger charge is -2.41. The van der Waals surface area contributed by atoms with E-state index in [1.54, 1.807) is 11.3 Å². The van der Waals surface area contributed by atoms with Crippen LogP contribution in [-0.2, 0) is 13.1 Å². The summed E-state index contributed by atoms with van der Waals surface area (Å²) in [7, 11) is 0. The van der Waals surface area contributed by atoms with Gasteiger partial charge in [0.05, 0.1) is 11.9 Å². The van der Waals surface area contributed by atoms with Crippen LogP contribution in [0.25, 0.3) is 5.69 Å². The van der Waals surface area contributed by atoms with Gasteiger partial charge in [-0.1, -0.05) is 18.2 Å². The van der Waals surface area contributed by atoms with Crippen LogP contribution in [0.1, 0.15) is 17.5 Å². The summed E-state index contributed by atoms with van der Waals surface area (Å²) in [6.07, 6.45) is 4.91. The lowest BCUT2D eigenvalue weighted by molar-refractivity contribution is 0.0500. The summed E-state index contributed by atoms with van der Waals surface area (Å²) in [5.74, 6) is 0. The lowest BCUT2D eigenvalue weighted by atomic mass is 10.1. The van der Waals surface area contributed by atoms with Crippen LogP contribution >= 0.6 is 11.3 Å². The zero-order valence-corrected chi connectivity index (χ0v) is 16.3. The van der Waals surface area contributed by atoms with E-state index in [1.165, 1.54) is 11.1 Å². The Labute approximate surface area is 164 Å². The highest BCUT2D eigenvalue weighted by atomic mass is 32.1. The third kappa shape index (κ3) is 4.65. The first-order chi connectivity index (χ1) is 13.3. The minimum atomic E-state index is 0.241. The smallest absolute Gasteiger partial charge is 0.0645 e. The number of aromatic nitrogens is 2. The molecule has 1 atom stereocenters. The van der Waals surface area contributed by atoms with Gasteiger partial charge in [0.15, 0.2) is 0 Å². The molecular weight excluding hydrogens is 356 g/mol. The Bertz CT molecular complexity index is 818. The molecule has 1 saturated heterocycles. The molecule has 142 valence electrons. The van der Waals surface area contributed by atoms with E-state index in [0.29, 0.717) is 6.04 Å². The molecule has 1 N–H and O–H groups in total. The average Bonchev–Trinajstić information content (AvgIpc) is 3.37. The Morgan fingerprint density at radius 3 is 2.74 bits per heavy atom. The molecular formula is C21H26N4OS. The fraction of sp³-hybridized carbons (Fsp3) is 0.381. The summed E-state index contributed by atoms with van der Waals surface area (Å²) in [6.45, 7) is 5.19. The van der Waals surface area contributed by atoms with Gasteiger partial charge < -0.3 is 5.11 Å². The summed E-state index contributed by atoms with van der Waals surface area (Å²) < 4.78 is 1.94. The molecule has 1 aliphatic rings. The predicted molar refractivity (Wildman–Crippen MR) is 109 cm³/mol. The van der Waals surface area contributed by atoms with E-state index in [0.717, 1.165) is 44.8 Å². The van der Waals surface area contributed by atoms with Gasteiger partial charge in [0, 0.05) is 57.1 Å². The third-order valence-corrected chi connectivity index (χ3v) is 5.91. The molecule has 1 aromatic carbocycles. The Kier molecular flexibility index (Phi) is 5.99. The maximum atomic E-state index is 9.51. The van der Waals surface area contributed by atoms with Crippen LogP contribution in [0.15, 0.2) is 59.6 Å². The molecule has 5 nitrogen and oxygen atoms in total. The van der Waals surface area contributed by atoms with Crippen molar-refractivity contribution < 1.29 is 5.11 Å². The van der Waals surface area contributed by atoms with Gasteiger partial charge in [-0.3, -0.25) is 9.80 Å². The Morgan fingerprint density at radius 2 is 1.96 bits per heavy atom. The van der Waals surface area contributed by atoms with Crippen LogP contribution in [0.3, 0.4) is 0 Å². The Morgan fingerprint density at radius 1 is 1.07 bits per heavy atom. The van der Waals surface area contributed by atoms with E-state index in [2.05, 4.69) is 50.1 Å². The summed E-state index contributed by atoms with van der Waals surface area (Å²) in [4.78, 5) is 5.00. The van der Waals surface area contributed by atoms with Crippen molar-refractivity contribution in [2.45, 2.75) is 25.6 Å². The number of nitrogens with zero attached hydrogens (tertiary/aromatic N) is 4. The number of hydrogen-bond acceptors (Lipinski definition) is 5. The molecule has 0 saturated carbocycles. The number of benzene rings is 1. The molecule has 0 spiro atoms. The summed E-state index contributed by atoms with van der Waals surface area (Å²) in [6, 6.07) is 12.8. The van der Waals surface area contributed by atoms with Gasteiger partial charge in [-0.05, 0) is 40.9 Å². The number of thiophene rings is 1. The monoisotopic (exact) mass is 382 g/mol. The molecule has 0 amide bonds. The first-order valence-electron chi connectivity index (χ1n) is 9.49. The van der Waals surface area contributed by atoms with Crippen molar-refractivity contribution in [3.63, 3.8) is 0 Å². The predicted octanol–water partition coefficient (Wildman–Crippen LogP) is 3.00. The second kappa shape index (κ2) is 8.80. The van der Waals surface area contributed by atoms with E-state index in [9.17, 15) is 5.11 Å². The summed E-state index contributed by atoms with van der Waals surface area (Å²) in [5, 5.41) is 18.4. The van der Waals surface area contributed by atoms with Crippen molar-refractivity contribution in [1.82, 2.24) is 19.6 Å². The van der Waals surface area contributed by atoms with Gasteiger partial charge in [0.2, 0.25) is 0 Å². The molecule has 2 aromatic heterocycles. The van der Waals surface area contributed by atoms with Crippen molar-refractivity contribution in [2.75, 3.05) is 26.2 Å². The summed E-state index contributed by atoms with van der Waals surface area (Å²) >= 11 is 1.75. The SMILES string of the molecule is OCC[C@@H]1CN(Cc2cnn(-c3ccccc3)c2)CCN1Cc1ccsc1. The van der Waals surface area contributed by atoms with Gasteiger partial charge in [-0.25, -0.2) is 4.68 Å². The molecule has 0 radical (unpaired) electrons. The largest absolute Gasteiger partial charge is 0.396 e. The van der Waals surface area contributed by atoms with E-state index in [-0.39, 0.29) is 6.61 Å². The first kappa shape index (κ1) is 18.4. The lowest BCUT2D eigenvalue weighted by Crippen LogP contribution is -2.52. The number of para-hydroxylation sites is 1. The number of piperazine rings is 1. The second-order valence-corrected chi connectivity index (χ2v) is 7.91. The highest BCUT2D eigenvalue weighted by Crippen LogP contribution is 2.19. The van der Waals surface area contributed by atoms with Gasteiger partial charge in [0.25, 0.3) is 0 Å². The number of aliphatic hydroxyl groups excluding tert-OH is 1. The van der Waals surface area contributed by atoms with E-state index in [1.807, 2.05) is 29.1 Å². The molecule has 0 aliphatic carbocycles. The number of aliphatic hydroxyl groups is 1. The third-order valence-electron chi connectivity index (χ3n) is 5.18. The molecule has 0 bridgehead atoms. The molecule has 6 heteroatoms. The molecule has 1 aliphatic heterocycles. The van der Waals surface area contributed by atoms with Gasteiger partial charge >= 0.3 is 0 Å². The first-order valence-corrected chi connectivity index (χ1v) is 10.4. The topological polar surface area (TPSA) is 44.5 Å². The normalized spacial score (nSPS) is 18.8. The van der Waals surface area contributed by atoms with Gasteiger partial charge in [-0.2, -0.15) is 16.4 Å². The van der Waals surface area contributed by atoms with Crippen molar-refractivity contribution in [1.29, 1.82) is 0 Å². The maximum Gasteiger partial charge on any atom is 0.0645 e. The van der Waals surface area contributed by atoms with Crippen LogP contribution in [0.4, 0.5) is 0 Å². The van der Waals surface area contributed by atoms with Crippen LogP contribution in [0.5, 0.6) is 0 Å². The minimum Gasteiger partial charge on any atom is -0.396 e. The van der Waals surface area contributed by atoms with Crippen molar-refractivity contribution >= 4 is 11.3 Å². The average molecular weight is 383 g/mol. The minimum absolute atomic E-state index is 0.241. The maximum absolute atomic E-state index is 9.51. The number of hydrogen-bond donors (Lipinski definition) is 1. The zero-order chi connectivity index (χ0) is 18.5. The molecule has 4 rings (SSSR count). The summed E-state index contributed by atoms with van der Waals surface area (Å²) in [5.41, 5.74) is 3.69. The molecule has 3 heterocycles. The molecule has 27 heavy (non-hydrogen) atoms. The van der Waals surface area contributed by atoms with E-state index in [4.69, 9.17) is 0 Å². The van der Waals surface area contributed by atoms with Crippen molar-refractivity contribution in [2.24, 2.45) is 0 Å². The van der Waals surface area contributed by atoms with E-state index >= 15 is 0 Å². The van der Waals surface area contributed by atoms with Crippen LogP contribution in [0, 0.1) is 0 Å². The molecule has 1 fully saturated rings. The van der Waals surface area contributed by atoms with Crippen molar-refractivity contribution in [3.8, 4) is 5.69 Å². The number of rotatable bonds is 7. The van der Waals surface area contributed by atoms with Crippen LogP contribution in [-0.4, -0.2) is 57.0 Å². The Balaban J connectivity index is 1.38. The second-order valence-electron chi connectivity index (χ2n) is 7.13. The zero-order valence-electron chi connectivity index (χ0n) is 15.4.